The third-order valence-corrected chi connectivity index (χ3v) is 5.21. The highest BCUT2D eigenvalue weighted by atomic mass is 35.5. The van der Waals surface area contributed by atoms with E-state index in [1.807, 2.05) is 29.2 Å². The number of rotatable bonds is 7. The highest BCUT2D eigenvalue weighted by molar-refractivity contribution is 6.42. The first-order chi connectivity index (χ1) is 12.5. The maximum atomic E-state index is 12.9. The van der Waals surface area contributed by atoms with Crippen molar-refractivity contribution in [2.75, 3.05) is 14.2 Å². The van der Waals surface area contributed by atoms with E-state index in [4.69, 9.17) is 32.7 Å². The van der Waals surface area contributed by atoms with Gasteiger partial charge in [0, 0.05) is 18.2 Å². The number of halogens is 2. The van der Waals surface area contributed by atoms with Gasteiger partial charge in [0.15, 0.2) is 0 Å². The molecule has 0 radical (unpaired) electrons. The van der Waals surface area contributed by atoms with Crippen LogP contribution in [0.4, 0.5) is 0 Å². The summed E-state index contributed by atoms with van der Waals surface area (Å²) in [5.41, 5.74) is 1.79. The quantitative estimate of drug-likeness (QED) is 0.681. The van der Waals surface area contributed by atoms with Gasteiger partial charge in [-0.2, -0.15) is 0 Å². The van der Waals surface area contributed by atoms with Gasteiger partial charge in [-0.15, -0.1) is 0 Å². The number of methoxy groups -OCH3 is 2. The molecule has 2 aromatic rings. The maximum Gasteiger partial charge on any atom is 0.227 e. The van der Waals surface area contributed by atoms with Crippen molar-refractivity contribution >= 4 is 29.1 Å². The minimum Gasteiger partial charge on any atom is -0.497 e. The van der Waals surface area contributed by atoms with Crippen molar-refractivity contribution in [2.24, 2.45) is 0 Å². The van der Waals surface area contributed by atoms with Crippen molar-refractivity contribution in [1.82, 2.24) is 4.90 Å². The molecule has 0 saturated heterocycles. The fourth-order valence-electron chi connectivity index (χ4n) is 2.92. The smallest absolute Gasteiger partial charge is 0.227 e. The Hall–Kier alpha value is -1.91. The molecule has 138 valence electrons. The van der Waals surface area contributed by atoms with Crippen LogP contribution in [0.1, 0.15) is 24.0 Å². The molecule has 1 amide bonds. The van der Waals surface area contributed by atoms with Crippen LogP contribution < -0.4 is 9.47 Å². The molecule has 0 spiro atoms. The molecule has 2 aromatic carbocycles. The summed E-state index contributed by atoms with van der Waals surface area (Å²) in [6, 6.07) is 11.2. The van der Waals surface area contributed by atoms with Crippen LogP contribution in [0.25, 0.3) is 0 Å². The highest BCUT2D eigenvalue weighted by Crippen LogP contribution is 2.33. The first-order valence-electron chi connectivity index (χ1n) is 8.46. The lowest BCUT2D eigenvalue weighted by atomic mass is 10.1. The number of ether oxygens (including phenoxy) is 2. The van der Waals surface area contributed by atoms with Crippen LogP contribution in [0.5, 0.6) is 11.5 Å². The van der Waals surface area contributed by atoms with Gasteiger partial charge in [-0.3, -0.25) is 4.79 Å². The second-order valence-corrected chi connectivity index (χ2v) is 7.17. The number of benzene rings is 2. The molecule has 0 atom stereocenters. The van der Waals surface area contributed by atoms with Gasteiger partial charge in [-0.25, -0.2) is 0 Å². The van der Waals surface area contributed by atoms with E-state index in [9.17, 15) is 4.79 Å². The lowest BCUT2D eigenvalue weighted by Crippen LogP contribution is -2.34. The predicted octanol–water partition coefficient (Wildman–Crippen LogP) is 4.74. The molecule has 0 bridgehead atoms. The number of hydrogen-bond donors (Lipinski definition) is 0. The molecule has 0 N–H and O–H groups in total. The molecule has 1 aliphatic carbocycles. The van der Waals surface area contributed by atoms with Crippen LogP contribution in [-0.4, -0.2) is 31.1 Å². The molecule has 3 rings (SSSR count). The largest absolute Gasteiger partial charge is 0.497 e. The summed E-state index contributed by atoms with van der Waals surface area (Å²) in [7, 11) is 3.25. The van der Waals surface area contributed by atoms with Crippen LogP contribution in [0, 0.1) is 0 Å². The monoisotopic (exact) mass is 393 g/mol. The molecule has 1 saturated carbocycles. The van der Waals surface area contributed by atoms with Gasteiger partial charge in [0.25, 0.3) is 0 Å². The first-order valence-corrected chi connectivity index (χ1v) is 9.21. The SMILES string of the molecule is COc1ccc(OC)c(CN(C(=O)Cc2ccc(Cl)c(Cl)c2)C2CC2)c1. The van der Waals surface area contributed by atoms with Gasteiger partial charge in [-0.1, -0.05) is 29.3 Å². The van der Waals surface area contributed by atoms with Gasteiger partial charge in [0.05, 0.1) is 30.7 Å². The highest BCUT2D eigenvalue weighted by Gasteiger charge is 2.33. The summed E-state index contributed by atoms with van der Waals surface area (Å²) < 4.78 is 10.8. The molecular weight excluding hydrogens is 373 g/mol. The van der Waals surface area contributed by atoms with Crippen LogP contribution in [0.2, 0.25) is 10.0 Å². The Kier molecular flexibility index (Phi) is 5.94. The second-order valence-electron chi connectivity index (χ2n) is 6.36. The molecular formula is C20H21Cl2NO3. The molecule has 0 unspecified atom stereocenters. The standard InChI is InChI=1S/C20H21Cl2NO3/c1-25-16-6-8-19(26-2)14(11-16)12-23(15-4-5-15)20(24)10-13-3-7-17(21)18(22)9-13/h3,6-9,11,15H,4-5,10,12H2,1-2H3. The van der Waals surface area contributed by atoms with Crippen molar-refractivity contribution in [3.05, 3.63) is 57.6 Å². The topological polar surface area (TPSA) is 38.8 Å². The van der Waals surface area contributed by atoms with Crippen molar-refractivity contribution in [3.8, 4) is 11.5 Å². The normalized spacial score (nSPS) is 13.4. The Morgan fingerprint density at radius 2 is 1.85 bits per heavy atom. The molecule has 4 nitrogen and oxygen atoms in total. The minimum absolute atomic E-state index is 0.0655. The fraction of sp³-hybridized carbons (Fsp3) is 0.350. The molecule has 26 heavy (non-hydrogen) atoms. The third kappa shape index (κ3) is 4.43. The first kappa shape index (κ1) is 18.9. The zero-order valence-electron chi connectivity index (χ0n) is 14.8. The van der Waals surface area contributed by atoms with E-state index in [0.29, 0.717) is 23.0 Å². The minimum atomic E-state index is 0.0655. The van der Waals surface area contributed by atoms with Gasteiger partial charge in [0.1, 0.15) is 11.5 Å². The van der Waals surface area contributed by atoms with Gasteiger partial charge < -0.3 is 14.4 Å². The Morgan fingerprint density at radius 3 is 2.46 bits per heavy atom. The van der Waals surface area contributed by atoms with Crippen LogP contribution in [0.3, 0.4) is 0 Å². The van der Waals surface area contributed by atoms with Gasteiger partial charge >= 0.3 is 0 Å². The lowest BCUT2D eigenvalue weighted by Gasteiger charge is -2.24. The average Bonchev–Trinajstić information content (AvgIpc) is 3.47. The van der Waals surface area contributed by atoms with Crippen LogP contribution in [-0.2, 0) is 17.8 Å². The Bertz CT molecular complexity index is 806. The maximum absolute atomic E-state index is 12.9. The van der Waals surface area contributed by atoms with E-state index in [1.165, 1.54) is 0 Å². The number of carbonyl (C=O) groups is 1. The van der Waals surface area contributed by atoms with E-state index in [1.54, 1.807) is 26.4 Å². The van der Waals surface area contributed by atoms with E-state index in [0.717, 1.165) is 35.5 Å². The summed E-state index contributed by atoms with van der Waals surface area (Å²) in [4.78, 5) is 14.8. The van der Waals surface area contributed by atoms with E-state index in [2.05, 4.69) is 0 Å². The summed E-state index contributed by atoms with van der Waals surface area (Å²) in [6.07, 6.45) is 2.35. The predicted molar refractivity (Wildman–Crippen MR) is 103 cm³/mol. The fourth-order valence-corrected chi connectivity index (χ4v) is 3.24. The van der Waals surface area contributed by atoms with Crippen molar-refractivity contribution in [3.63, 3.8) is 0 Å². The molecule has 1 fully saturated rings. The molecule has 1 aliphatic rings. The summed E-state index contributed by atoms with van der Waals surface area (Å²) >= 11 is 12.0. The number of carbonyl (C=O) groups excluding carboxylic acids is 1. The van der Waals surface area contributed by atoms with Gasteiger partial charge in [0.2, 0.25) is 5.91 Å². The zero-order valence-corrected chi connectivity index (χ0v) is 16.3. The van der Waals surface area contributed by atoms with E-state index < -0.39 is 0 Å². The van der Waals surface area contributed by atoms with Crippen LogP contribution in [0.15, 0.2) is 36.4 Å². The summed E-state index contributed by atoms with van der Waals surface area (Å²) in [5, 5.41) is 0.951. The van der Waals surface area contributed by atoms with Crippen molar-refractivity contribution < 1.29 is 14.3 Å². The third-order valence-electron chi connectivity index (χ3n) is 4.48. The molecule has 6 heteroatoms. The molecule has 0 aliphatic heterocycles. The summed E-state index contributed by atoms with van der Waals surface area (Å²) in [5.74, 6) is 1.56. The Balaban J connectivity index is 1.79. The van der Waals surface area contributed by atoms with E-state index >= 15 is 0 Å². The lowest BCUT2D eigenvalue weighted by molar-refractivity contribution is -0.131. The summed E-state index contributed by atoms with van der Waals surface area (Å²) in [6.45, 7) is 0.491. The second kappa shape index (κ2) is 8.19. The van der Waals surface area contributed by atoms with Crippen LogP contribution >= 0.6 is 23.2 Å². The molecule has 0 heterocycles. The average molecular weight is 394 g/mol. The number of hydrogen-bond acceptors (Lipinski definition) is 3. The van der Waals surface area contributed by atoms with Crippen molar-refractivity contribution in [1.29, 1.82) is 0 Å². The van der Waals surface area contributed by atoms with Crippen molar-refractivity contribution in [2.45, 2.75) is 31.8 Å². The number of nitrogens with zero attached hydrogens (tertiary/aromatic N) is 1. The Labute approximate surface area is 163 Å². The van der Waals surface area contributed by atoms with Gasteiger partial charge in [-0.05, 0) is 48.7 Å². The molecule has 0 aromatic heterocycles. The number of amides is 1. The zero-order chi connectivity index (χ0) is 18.7. The van der Waals surface area contributed by atoms with E-state index in [-0.39, 0.29) is 11.9 Å². The Morgan fingerprint density at radius 1 is 1.08 bits per heavy atom.